The van der Waals surface area contributed by atoms with E-state index in [2.05, 4.69) is 20.7 Å². The van der Waals surface area contributed by atoms with Gasteiger partial charge in [-0.1, -0.05) is 28.1 Å². The summed E-state index contributed by atoms with van der Waals surface area (Å²) in [5.74, 6) is 0. The van der Waals surface area contributed by atoms with Gasteiger partial charge in [-0.3, -0.25) is 0 Å². The number of nitrogens with zero attached hydrogens (tertiary/aromatic N) is 1. The summed E-state index contributed by atoms with van der Waals surface area (Å²) in [5, 5.41) is 8.69. The van der Waals surface area contributed by atoms with Gasteiger partial charge in [0.2, 0.25) is 10.0 Å². The molecule has 0 radical (unpaired) electrons. The second-order valence-electron chi connectivity index (χ2n) is 3.68. The van der Waals surface area contributed by atoms with E-state index in [-0.39, 0.29) is 10.8 Å². The van der Waals surface area contributed by atoms with Crippen molar-refractivity contribution >= 4 is 37.3 Å². The Morgan fingerprint density at radius 3 is 2.47 bits per heavy atom. The van der Waals surface area contributed by atoms with E-state index in [0.717, 1.165) is 21.4 Å². The zero-order chi connectivity index (χ0) is 13.9. The third-order valence-corrected chi connectivity index (χ3v) is 5.75. The SMILES string of the molecule is N#Cc1ccc(S(=O)(=O)NCc2ccc(Br)cc2)s1. The van der Waals surface area contributed by atoms with Crippen molar-refractivity contribution in [1.29, 1.82) is 5.26 Å². The van der Waals surface area contributed by atoms with Gasteiger partial charge in [-0.2, -0.15) is 5.26 Å². The van der Waals surface area contributed by atoms with Crippen LogP contribution in [0.4, 0.5) is 0 Å². The van der Waals surface area contributed by atoms with Crippen molar-refractivity contribution < 1.29 is 8.42 Å². The number of sulfonamides is 1. The van der Waals surface area contributed by atoms with Crippen LogP contribution in [0.2, 0.25) is 0 Å². The molecule has 0 aliphatic heterocycles. The summed E-state index contributed by atoms with van der Waals surface area (Å²) < 4.78 is 27.6. The Hall–Kier alpha value is -1.20. The molecule has 0 unspecified atom stereocenters. The molecule has 0 saturated carbocycles. The van der Waals surface area contributed by atoms with Crippen molar-refractivity contribution in [3.8, 4) is 6.07 Å². The van der Waals surface area contributed by atoms with Gasteiger partial charge in [0.15, 0.2) is 0 Å². The molecule has 0 aliphatic carbocycles. The Kier molecular flexibility index (Phi) is 4.37. The van der Waals surface area contributed by atoms with Crippen LogP contribution in [0.25, 0.3) is 0 Å². The number of nitriles is 1. The number of hydrogen-bond acceptors (Lipinski definition) is 4. The summed E-state index contributed by atoms with van der Waals surface area (Å²) in [6.07, 6.45) is 0. The van der Waals surface area contributed by atoms with Crippen LogP contribution in [0.5, 0.6) is 0 Å². The molecule has 4 nitrogen and oxygen atoms in total. The number of halogens is 1. The second kappa shape index (κ2) is 5.84. The second-order valence-corrected chi connectivity index (χ2v) is 7.67. The normalized spacial score (nSPS) is 11.2. The zero-order valence-corrected chi connectivity index (χ0v) is 12.8. The van der Waals surface area contributed by atoms with Gasteiger partial charge in [0, 0.05) is 11.0 Å². The highest BCUT2D eigenvalue weighted by molar-refractivity contribution is 9.10. The summed E-state index contributed by atoms with van der Waals surface area (Å²) in [4.78, 5) is 0.379. The first kappa shape index (κ1) is 14.2. The fourth-order valence-electron chi connectivity index (χ4n) is 1.38. The summed E-state index contributed by atoms with van der Waals surface area (Å²) in [6, 6.07) is 12.2. The lowest BCUT2D eigenvalue weighted by Gasteiger charge is -2.04. The molecule has 1 N–H and O–H groups in total. The third kappa shape index (κ3) is 3.64. The van der Waals surface area contributed by atoms with Crippen LogP contribution in [-0.4, -0.2) is 8.42 Å². The Morgan fingerprint density at radius 2 is 1.89 bits per heavy atom. The summed E-state index contributed by atoms with van der Waals surface area (Å²) in [7, 11) is -3.55. The maximum absolute atomic E-state index is 12.0. The monoisotopic (exact) mass is 356 g/mol. The first-order valence-corrected chi connectivity index (χ1v) is 8.34. The molecule has 1 aromatic carbocycles. The minimum atomic E-state index is -3.55. The maximum atomic E-state index is 12.0. The Morgan fingerprint density at radius 1 is 1.21 bits per heavy atom. The largest absolute Gasteiger partial charge is 0.250 e. The van der Waals surface area contributed by atoms with Crippen molar-refractivity contribution in [2.45, 2.75) is 10.8 Å². The van der Waals surface area contributed by atoms with Gasteiger partial charge in [-0.15, -0.1) is 11.3 Å². The van der Waals surface area contributed by atoms with Crippen LogP contribution in [0.1, 0.15) is 10.4 Å². The topological polar surface area (TPSA) is 70.0 Å². The van der Waals surface area contributed by atoms with Crippen LogP contribution < -0.4 is 4.72 Å². The molecule has 0 amide bonds. The lowest BCUT2D eigenvalue weighted by molar-refractivity contribution is 0.583. The molecule has 0 spiro atoms. The molecule has 1 aromatic heterocycles. The van der Waals surface area contributed by atoms with Crippen molar-refractivity contribution in [3.63, 3.8) is 0 Å². The van der Waals surface area contributed by atoms with E-state index in [9.17, 15) is 8.42 Å². The molecule has 2 aromatic rings. The van der Waals surface area contributed by atoms with Gasteiger partial charge in [0.05, 0.1) is 0 Å². The zero-order valence-electron chi connectivity index (χ0n) is 9.63. The van der Waals surface area contributed by atoms with Crippen LogP contribution >= 0.6 is 27.3 Å². The van der Waals surface area contributed by atoms with Crippen molar-refractivity contribution in [3.05, 3.63) is 51.3 Å². The molecule has 2 rings (SSSR count). The van der Waals surface area contributed by atoms with E-state index in [1.807, 2.05) is 30.3 Å². The highest BCUT2D eigenvalue weighted by Gasteiger charge is 2.16. The molecule has 0 fully saturated rings. The van der Waals surface area contributed by atoms with E-state index in [1.165, 1.54) is 12.1 Å². The molecule has 19 heavy (non-hydrogen) atoms. The Bertz CT molecular complexity index is 715. The quantitative estimate of drug-likeness (QED) is 0.915. The number of rotatable bonds is 4. The first-order valence-electron chi connectivity index (χ1n) is 5.25. The molecule has 0 saturated heterocycles. The molecule has 98 valence electrons. The predicted molar refractivity (Wildman–Crippen MR) is 77.2 cm³/mol. The molecular weight excluding hydrogens is 348 g/mol. The Labute approximate surface area is 123 Å². The van der Waals surface area contributed by atoms with Gasteiger partial charge < -0.3 is 0 Å². The molecular formula is C12H9BrN2O2S2. The minimum absolute atomic E-state index is 0.154. The summed E-state index contributed by atoms with van der Waals surface area (Å²) in [6.45, 7) is 0.218. The number of hydrogen-bond donors (Lipinski definition) is 1. The van der Waals surface area contributed by atoms with Crippen LogP contribution in [-0.2, 0) is 16.6 Å². The van der Waals surface area contributed by atoms with Crippen molar-refractivity contribution in [2.24, 2.45) is 0 Å². The van der Waals surface area contributed by atoms with Crippen LogP contribution in [0, 0.1) is 11.3 Å². The van der Waals surface area contributed by atoms with Gasteiger partial charge in [0.25, 0.3) is 0 Å². The Balaban J connectivity index is 2.10. The molecule has 0 aliphatic rings. The maximum Gasteiger partial charge on any atom is 0.250 e. The van der Waals surface area contributed by atoms with Crippen molar-refractivity contribution in [2.75, 3.05) is 0 Å². The lowest BCUT2D eigenvalue weighted by atomic mass is 10.2. The highest BCUT2D eigenvalue weighted by Crippen LogP contribution is 2.21. The number of thiophene rings is 1. The molecule has 7 heteroatoms. The number of benzene rings is 1. The standard InChI is InChI=1S/C12H9BrN2O2S2/c13-10-3-1-9(2-4-10)8-15-19(16,17)12-6-5-11(7-14)18-12/h1-6,15H,8H2. The lowest BCUT2D eigenvalue weighted by Crippen LogP contribution is -2.22. The molecule has 0 bridgehead atoms. The minimum Gasteiger partial charge on any atom is -0.206 e. The molecule has 0 atom stereocenters. The van der Waals surface area contributed by atoms with Crippen LogP contribution in [0.15, 0.2) is 45.1 Å². The van der Waals surface area contributed by atoms with E-state index < -0.39 is 10.0 Å². The van der Waals surface area contributed by atoms with Gasteiger partial charge in [-0.05, 0) is 29.8 Å². The average Bonchev–Trinajstić information content (AvgIpc) is 2.88. The van der Waals surface area contributed by atoms with E-state index >= 15 is 0 Å². The third-order valence-electron chi connectivity index (χ3n) is 2.34. The predicted octanol–water partition coefficient (Wildman–Crippen LogP) is 2.86. The van der Waals surface area contributed by atoms with E-state index in [1.54, 1.807) is 0 Å². The summed E-state index contributed by atoms with van der Waals surface area (Å²) >= 11 is 4.27. The van der Waals surface area contributed by atoms with E-state index in [4.69, 9.17) is 5.26 Å². The first-order chi connectivity index (χ1) is 9.01. The smallest absolute Gasteiger partial charge is 0.206 e. The molecule has 1 heterocycles. The van der Waals surface area contributed by atoms with Crippen LogP contribution in [0.3, 0.4) is 0 Å². The van der Waals surface area contributed by atoms with E-state index in [0.29, 0.717) is 4.88 Å². The fourth-order valence-corrected chi connectivity index (χ4v) is 3.81. The van der Waals surface area contributed by atoms with Gasteiger partial charge >= 0.3 is 0 Å². The number of nitrogens with one attached hydrogen (secondary N) is 1. The van der Waals surface area contributed by atoms with Gasteiger partial charge in [-0.25, -0.2) is 13.1 Å². The highest BCUT2D eigenvalue weighted by atomic mass is 79.9. The van der Waals surface area contributed by atoms with Crippen molar-refractivity contribution in [1.82, 2.24) is 4.72 Å². The summed E-state index contributed by atoms with van der Waals surface area (Å²) in [5.41, 5.74) is 0.865. The van der Waals surface area contributed by atoms with Gasteiger partial charge in [0.1, 0.15) is 15.2 Å². The fraction of sp³-hybridized carbons (Fsp3) is 0.0833. The average molecular weight is 357 g/mol.